The predicted molar refractivity (Wildman–Crippen MR) is 69.6 cm³/mol. The molecule has 0 spiro atoms. The van der Waals surface area contributed by atoms with E-state index in [1.165, 1.54) is 6.42 Å². The van der Waals surface area contributed by atoms with E-state index in [2.05, 4.69) is 0 Å². The number of rotatable bonds is 3. The first-order chi connectivity index (χ1) is 8.18. The van der Waals surface area contributed by atoms with E-state index in [9.17, 15) is 5.11 Å². The molecule has 0 amide bonds. The summed E-state index contributed by atoms with van der Waals surface area (Å²) in [5.41, 5.74) is 0.688. The average Bonchev–Trinajstić information content (AvgIpc) is 2.34. The lowest BCUT2D eigenvalue weighted by Crippen LogP contribution is -2.21. The van der Waals surface area contributed by atoms with Crippen LogP contribution in [0.15, 0.2) is 18.2 Å². The zero-order valence-electron chi connectivity index (χ0n) is 9.53. The largest absolute Gasteiger partial charge is 0.388 e. The topological polar surface area (TPSA) is 29.5 Å². The Labute approximate surface area is 111 Å². The molecule has 1 heterocycles. The normalized spacial score (nSPS) is 22.4. The zero-order valence-corrected chi connectivity index (χ0v) is 11.0. The van der Waals surface area contributed by atoms with Crippen LogP contribution in [-0.4, -0.2) is 17.8 Å². The Morgan fingerprint density at radius 2 is 2.18 bits per heavy atom. The van der Waals surface area contributed by atoms with Gasteiger partial charge in [-0.05, 0) is 25.3 Å². The minimum atomic E-state index is -0.607. The van der Waals surface area contributed by atoms with E-state index in [1.807, 2.05) is 6.07 Å². The Balaban J connectivity index is 2.03. The van der Waals surface area contributed by atoms with Gasteiger partial charge < -0.3 is 9.84 Å². The Hall–Kier alpha value is -0.280. The number of benzene rings is 1. The molecule has 0 saturated carbocycles. The third-order valence-corrected chi connectivity index (χ3v) is 3.93. The van der Waals surface area contributed by atoms with E-state index >= 15 is 0 Å². The third-order valence-electron chi connectivity index (χ3n) is 3.10. The molecule has 2 unspecified atom stereocenters. The first kappa shape index (κ1) is 13.2. The standard InChI is InChI=1S/C13H16Cl2O2/c14-11-6-3-5-10(13(11)15)12(16)8-9-4-1-2-7-17-9/h3,5-6,9,12,16H,1-2,4,7-8H2. The molecule has 4 heteroatoms. The van der Waals surface area contributed by atoms with Crippen LogP contribution in [0.25, 0.3) is 0 Å². The first-order valence-electron chi connectivity index (χ1n) is 5.92. The summed E-state index contributed by atoms with van der Waals surface area (Å²) in [6.45, 7) is 0.792. The van der Waals surface area contributed by atoms with Crippen molar-refractivity contribution >= 4 is 23.2 Å². The first-order valence-corrected chi connectivity index (χ1v) is 6.67. The number of hydrogen-bond donors (Lipinski definition) is 1. The van der Waals surface area contributed by atoms with Crippen LogP contribution in [0.2, 0.25) is 10.0 Å². The quantitative estimate of drug-likeness (QED) is 0.903. The van der Waals surface area contributed by atoms with E-state index < -0.39 is 6.10 Å². The molecule has 1 fully saturated rings. The van der Waals surface area contributed by atoms with Crippen molar-refractivity contribution < 1.29 is 9.84 Å². The summed E-state index contributed by atoms with van der Waals surface area (Å²) in [7, 11) is 0. The van der Waals surface area contributed by atoms with Crippen LogP contribution in [0.5, 0.6) is 0 Å². The van der Waals surface area contributed by atoms with Crippen molar-refractivity contribution in [2.45, 2.75) is 37.9 Å². The van der Waals surface area contributed by atoms with E-state index in [4.69, 9.17) is 27.9 Å². The molecule has 1 aliphatic rings. The number of halogens is 2. The highest BCUT2D eigenvalue weighted by Crippen LogP contribution is 2.33. The van der Waals surface area contributed by atoms with Crippen molar-refractivity contribution in [1.29, 1.82) is 0 Å². The minimum absolute atomic E-state index is 0.133. The van der Waals surface area contributed by atoms with Crippen LogP contribution >= 0.6 is 23.2 Å². The number of hydrogen-bond acceptors (Lipinski definition) is 2. The molecule has 1 aromatic rings. The van der Waals surface area contributed by atoms with Crippen LogP contribution in [0.3, 0.4) is 0 Å². The molecule has 1 saturated heterocycles. The van der Waals surface area contributed by atoms with Gasteiger partial charge in [-0.25, -0.2) is 0 Å². The van der Waals surface area contributed by atoms with Gasteiger partial charge in [-0.15, -0.1) is 0 Å². The average molecular weight is 275 g/mol. The second-order valence-corrected chi connectivity index (χ2v) is 5.17. The van der Waals surface area contributed by atoms with Crippen molar-refractivity contribution in [2.75, 3.05) is 6.61 Å². The highest BCUT2D eigenvalue weighted by Gasteiger charge is 2.21. The van der Waals surface area contributed by atoms with Crippen LogP contribution in [-0.2, 0) is 4.74 Å². The van der Waals surface area contributed by atoms with Gasteiger partial charge in [0.15, 0.2) is 0 Å². The summed E-state index contributed by atoms with van der Waals surface area (Å²) >= 11 is 12.0. The van der Waals surface area contributed by atoms with E-state index in [0.717, 1.165) is 19.4 Å². The van der Waals surface area contributed by atoms with Crippen molar-refractivity contribution in [3.63, 3.8) is 0 Å². The summed E-state index contributed by atoms with van der Waals surface area (Å²) < 4.78 is 5.60. The molecule has 1 aliphatic heterocycles. The maximum atomic E-state index is 10.2. The fourth-order valence-electron chi connectivity index (χ4n) is 2.15. The van der Waals surface area contributed by atoms with Gasteiger partial charge in [0.1, 0.15) is 0 Å². The SMILES string of the molecule is OC(CC1CCCCO1)c1cccc(Cl)c1Cl. The smallest absolute Gasteiger partial charge is 0.0829 e. The molecule has 1 aromatic carbocycles. The summed E-state index contributed by atoms with van der Waals surface area (Å²) in [5.74, 6) is 0. The maximum Gasteiger partial charge on any atom is 0.0829 e. The summed E-state index contributed by atoms with van der Waals surface area (Å²) in [6, 6.07) is 5.33. The van der Waals surface area contributed by atoms with Gasteiger partial charge >= 0.3 is 0 Å². The number of ether oxygens (including phenoxy) is 1. The Bertz CT molecular complexity index is 376. The fourth-order valence-corrected chi connectivity index (χ4v) is 2.58. The number of aliphatic hydroxyl groups excluding tert-OH is 1. The summed E-state index contributed by atoms with van der Waals surface area (Å²) in [5, 5.41) is 11.1. The predicted octanol–water partition coefficient (Wildman–Crippen LogP) is 3.99. The van der Waals surface area contributed by atoms with Crippen LogP contribution in [0.1, 0.15) is 37.4 Å². The Kier molecular flexibility index (Phi) is 4.69. The molecule has 2 rings (SSSR count). The highest BCUT2D eigenvalue weighted by molar-refractivity contribution is 6.42. The lowest BCUT2D eigenvalue weighted by Gasteiger charge is -2.25. The zero-order chi connectivity index (χ0) is 12.3. The molecule has 0 aliphatic carbocycles. The van der Waals surface area contributed by atoms with Gasteiger partial charge in [0.2, 0.25) is 0 Å². The second kappa shape index (κ2) is 6.05. The monoisotopic (exact) mass is 274 g/mol. The van der Waals surface area contributed by atoms with Crippen LogP contribution < -0.4 is 0 Å². The second-order valence-electron chi connectivity index (χ2n) is 4.38. The Morgan fingerprint density at radius 3 is 2.88 bits per heavy atom. The molecule has 2 atom stereocenters. The molecular formula is C13H16Cl2O2. The van der Waals surface area contributed by atoms with E-state index in [0.29, 0.717) is 22.0 Å². The van der Waals surface area contributed by atoms with E-state index in [-0.39, 0.29) is 6.10 Å². The number of aliphatic hydroxyl groups is 1. The van der Waals surface area contributed by atoms with Crippen LogP contribution in [0.4, 0.5) is 0 Å². The van der Waals surface area contributed by atoms with Crippen molar-refractivity contribution in [1.82, 2.24) is 0 Å². The molecule has 0 radical (unpaired) electrons. The molecule has 17 heavy (non-hydrogen) atoms. The molecule has 0 aromatic heterocycles. The third kappa shape index (κ3) is 3.35. The highest BCUT2D eigenvalue weighted by atomic mass is 35.5. The molecule has 94 valence electrons. The van der Waals surface area contributed by atoms with Gasteiger partial charge in [-0.2, -0.15) is 0 Å². The minimum Gasteiger partial charge on any atom is -0.388 e. The van der Waals surface area contributed by atoms with Gasteiger partial charge in [0, 0.05) is 18.6 Å². The van der Waals surface area contributed by atoms with Gasteiger partial charge in [0.25, 0.3) is 0 Å². The summed E-state index contributed by atoms with van der Waals surface area (Å²) in [4.78, 5) is 0. The van der Waals surface area contributed by atoms with Crippen molar-refractivity contribution in [3.05, 3.63) is 33.8 Å². The van der Waals surface area contributed by atoms with Crippen molar-refractivity contribution in [3.8, 4) is 0 Å². The van der Waals surface area contributed by atoms with Gasteiger partial charge in [-0.3, -0.25) is 0 Å². The van der Waals surface area contributed by atoms with E-state index in [1.54, 1.807) is 12.1 Å². The lowest BCUT2D eigenvalue weighted by atomic mass is 9.99. The maximum absolute atomic E-state index is 10.2. The van der Waals surface area contributed by atoms with Crippen LogP contribution in [0, 0.1) is 0 Å². The molecule has 1 N–H and O–H groups in total. The molecular weight excluding hydrogens is 259 g/mol. The molecule has 0 bridgehead atoms. The fraction of sp³-hybridized carbons (Fsp3) is 0.538. The van der Waals surface area contributed by atoms with Crippen molar-refractivity contribution in [2.24, 2.45) is 0 Å². The Morgan fingerprint density at radius 1 is 1.35 bits per heavy atom. The lowest BCUT2D eigenvalue weighted by molar-refractivity contribution is -0.0155. The van der Waals surface area contributed by atoms with Gasteiger partial charge in [-0.1, -0.05) is 35.3 Å². The molecule has 2 nitrogen and oxygen atoms in total. The summed E-state index contributed by atoms with van der Waals surface area (Å²) in [6.07, 6.45) is 3.40. The van der Waals surface area contributed by atoms with Gasteiger partial charge in [0.05, 0.1) is 22.3 Å².